The molecule has 1 aliphatic carbocycles. The molecule has 2 N–H and O–H groups in total. The van der Waals surface area contributed by atoms with Crippen LogP contribution in [-0.2, 0) is 36.3 Å². The van der Waals surface area contributed by atoms with Gasteiger partial charge in [-0.3, -0.25) is 9.89 Å². The number of aromatic nitrogens is 7. The second-order valence-electron chi connectivity index (χ2n) is 8.94. The van der Waals surface area contributed by atoms with Crippen LogP contribution in [0.5, 0.6) is 0 Å². The van der Waals surface area contributed by atoms with Crippen LogP contribution in [0, 0.1) is 0 Å². The Morgan fingerprint density at radius 3 is 2.66 bits per heavy atom. The Hall–Kier alpha value is -4.22. The molecule has 178 valence electrons. The van der Waals surface area contributed by atoms with Crippen molar-refractivity contribution in [1.82, 2.24) is 40.5 Å². The Kier molecular flexibility index (Phi) is 5.01. The Morgan fingerprint density at radius 1 is 1.17 bits per heavy atom. The number of anilines is 1. The van der Waals surface area contributed by atoms with Crippen LogP contribution < -0.4 is 5.32 Å². The number of fused-ring (bicyclic) bond motifs is 2. The fourth-order valence-electron chi connectivity index (χ4n) is 4.55. The number of hydrogen-bond acceptors (Lipinski definition) is 9. The molecular weight excluding hydrogens is 453 g/mol. The van der Waals surface area contributed by atoms with E-state index in [4.69, 9.17) is 4.42 Å². The number of aromatic amines is 1. The van der Waals surface area contributed by atoms with Gasteiger partial charge in [-0.1, -0.05) is 29.5 Å². The average molecular weight is 475 g/mol. The van der Waals surface area contributed by atoms with Crippen LogP contribution in [0.15, 0.2) is 41.1 Å². The van der Waals surface area contributed by atoms with Crippen LogP contribution in [0.4, 0.5) is 10.3 Å². The number of H-pyrrole nitrogens is 1. The van der Waals surface area contributed by atoms with E-state index in [0.29, 0.717) is 30.2 Å². The lowest BCUT2D eigenvalue weighted by molar-refractivity contribution is -0.146. The van der Waals surface area contributed by atoms with Crippen LogP contribution in [0.2, 0.25) is 0 Å². The Bertz CT molecular complexity index is 1360. The first-order chi connectivity index (χ1) is 17.0. The first-order valence-electron chi connectivity index (χ1n) is 11.3. The number of carbonyl (C=O) groups excluding carboxylic acids is 1. The summed E-state index contributed by atoms with van der Waals surface area (Å²) in [5, 5.41) is 21.5. The molecule has 0 spiro atoms. The highest BCUT2D eigenvalue weighted by molar-refractivity contribution is 5.85. The second kappa shape index (κ2) is 8.22. The number of alkyl halides is 1. The van der Waals surface area contributed by atoms with Gasteiger partial charge in [-0.25, -0.2) is 14.4 Å². The first kappa shape index (κ1) is 21.3. The molecule has 0 radical (unpaired) electrons. The fourth-order valence-corrected chi connectivity index (χ4v) is 4.55. The van der Waals surface area contributed by atoms with E-state index in [9.17, 15) is 4.79 Å². The predicted molar refractivity (Wildman–Crippen MR) is 121 cm³/mol. The predicted octanol–water partition coefficient (Wildman–Crippen LogP) is 1.99. The molecule has 0 fully saturated rings. The number of rotatable bonds is 5. The zero-order chi connectivity index (χ0) is 24.0. The molecule has 1 aliphatic heterocycles. The molecule has 11 nitrogen and oxygen atoms in total. The largest absolute Gasteiger partial charge is 0.416 e. The van der Waals surface area contributed by atoms with Crippen LogP contribution >= 0.6 is 0 Å². The van der Waals surface area contributed by atoms with Gasteiger partial charge in [0.25, 0.3) is 23.4 Å². The van der Waals surface area contributed by atoms with E-state index < -0.39 is 17.5 Å². The molecule has 1 amide bonds. The summed E-state index contributed by atoms with van der Waals surface area (Å²) < 4.78 is 21.1. The minimum atomic E-state index is -2.49. The molecule has 2 aliphatic rings. The lowest BCUT2D eigenvalue weighted by atomic mass is 10.0. The lowest BCUT2D eigenvalue weighted by Crippen LogP contribution is -2.45. The molecule has 0 saturated heterocycles. The van der Waals surface area contributed by atoms with Gasteiger partial charge in [-0.2, -0.15) is 0 Å². The van der Waals surface area contributed by atoms with Crippen molar-refractivity contribution in [2.45, 2.75) is 44.4 Å². The van der Waals surface area contributed by atoms with E-state index >= 15 is 4.39 Å². The summed E-state index contributed by atoms with van der Waals surface area (Å²) in [6.07, 6.45) is 5.40. The standard InChI is InChI=1S/C23H22FN9O2/c1-23(24,21(34)33-7-6-17-18(12-33)29-32-28-17)20-31-30-19(35-20)15-10-25-22(26-11-15)27-16-8-13-4-2-3-5-14(13)9-16/h2-5,10-11,16H,6-9,12H2,1H3,(H,25,26,27)(H,28,29,32)/t23-/m1/s1. The monoisotopic (exact) mass is 475 g/mol. The molecule has 4 aromatic rings. The van der Waals surface area contributed by atoms with Gasteiger partial charge in [-0.05, 0) is 30.9 Å². The summed E-state index contributed by atoms with van der Waals surface area (Å²) in [5.41, 5.74) is 2.07. The van der Waals surface area contributed by atoms with E-state index in [1.54, 1.807) is 0 Å². The summed E-state index contributed by atoms with van der Waals surface area (Å²) in [6, 6.07) is 8.57. The fraction of sp³-hybridized carbons (Fsp3) is 0.348. The summed E-state index contributed by atoms with van der Waals surface area (Å²) in [7, 11) is 0. The minimum Gasteiger partial charge on any atom is -0.416 e. The zero-order valence-electron chi connectivity index (χ0n) is 18.9. The van der Waals surface area contributed by atoms with Crippen molar-refractivity contribution in [3.63, 3.8) is 0 Å². The number of nitrogens with zero attached hydrogens (tertiary/aromatic N) is 7. The van der Waals surface area contributed by atoms with Gasteiger partial charge in [-0.15, -0.1) is 15.3 Å². The van der Waals surface area contributed by atoms with Gasteiger partial charge in [0.1, 0.15) is 5.69 Å². The van der Waals surface area contributed by atoms with Gasteiger partial charge in [0.05, 0.1) is 17.8 Å². The minimum absolute atomic E-state index is 0.0360. The third-order valence-corrected chi connectivity index (χ3v) is 6.47. The van der Waals surface area contributed by atoms with Crippen molar-refractivity contribution < 1.29 is 13.6 Å². The second-order valence-corrected chi connectivity index (χ2v) is 8.94. The van der Waals surface area contributed by atoms with Gasteiger partial charge < -0.3 is 14.6 Å². The van der Waals surface area contributed by atoms with E-state index in [2.05, 4.69) is 53.0 Å². The number of benzene rings is 1. The molecule has 0 bridgehead atoms. The van der Waals surface area contributed by atoms with Crippen LogP contribution in [0.25, 0.3) is 11.5 Å². The molecule has 3 aromatic heterocycles. The number of nitrogens with one attached hydrogen (secondary N) is 2. The summed E-state index contributed by atoms with van der Waals surface area (Å²) in [5.74, 6) is -0.674. The molecule has 4 heterocycles. The third-order valence-electron chi connectivity index (χ3n) is 6.47. The molecule has 6 rings (SSSR count). The summed E-state index contributed by atoms with van der Waals surface area (Å²) in [6.45, 7) is 1.62. The van der Waals surface area contributed by atoms with E-state index in [0.717, 1.165) is 25.5 Å². The third kappa shape index (κ3) is 3.90. The van der Waals surface area contributed by atoms with Crippen LogP contribution in [0.1, 0.15) is 35.3 Å². The van der Waals surface area contributed by atoms with Crippen molar-refractivity contribution >= 4 is 11.9 Å². The highest BCUT2D eigenvalue weighted by Gasteiger charge is 2.45. The van der Waals surface area contributed by atoms with Crippen LogP contribution in [-0.4, -0.2) is 59.0 Å². The molecule has 0 unspecified atom stereocenters. The number of amides is 1. The van der Waals surface area contributed by atoms with Gasteiger partial charge in [0.15, 0.2) is 0 Å². The van der Waals surface area contributed by atoms with Gasteiger partial charge in [0, 0.05) is 31.4 Å². The lowest BCUT2D eigenvalue weighted by Gasteiger charge is -2.29. The van der Waals surface area contributed by atoms with E-state index in [1.807, 2.05) is 12.1 Å². The van der Waals surface area contributed by atoms with Crippen molar-refractivity contribution in [3.8, 4) is 11.5 Å². The molecule has 12 heteroatoms. The normalized spacial score (nSPS) is 17.0. The molecule has 35 heavy (non-hydrogen) atoms. The van der Waals surface area contributed by atoms with Crippen molar-refractivity contribution in [1.29, 1.82) is 0 Å². The maximum Gasteiger partial charge on any atom is 0.270 e. The van der Waals surface area contributed by atoms with Crippen molar-refractivity contribution in [3.05, 3.63) is 65.1 Å². The van der Waals surface area contributed by atoms with Crippen molar-refractivity contribution in [2.24, 2.45) is 0 Å². The SMILES string of the molecule is C[C@](F)(C(=O)N1CCc2[nH]nnc2C1)c1nnc(-c2cnc(NC3Cc4ccccc4C3)nc2)o1. The smallest absolute Gasteiger partial charge is 0.270 e. The van der Waals surface area contributed by atoms with Gasteiger partial charge >= 0.3 is 0 Å². The van der Waals surface area contributed by atoms with E-state index in [1.165, 1.54) is 28.4 Å². The Morgan fingerprint density at radius 2 is 1.91 bits per heavy atom. The first-order valence-corrected chi connectivity index (χ1v) is 11.3. The quantitative estimate of drug-likeness (QED) is 0.444. The highest BCUT2D eigenvalue weighted by Crippen LogP contribution is 2.31. The topological polar surface area (TPSA) is 139 Å². The van der Waals surface area contributed by atoms with E-state index in [-0.39, 0.29) is 18.5 Å². The number of halogens is 1. The summed E-state index contributed by atoms with van der Waals surface area (Å²) >= 11 is 0. The summed E-state index contributed by atoms with van der Waals surface area (Å²) in [4.78, 5) is 23.0. The molecule has 0 saturated carbocycles. The maximum absolute atomic E-state index is 15.6. The van der Waals surface area contributed by atoms with Crippen molar-refractivity contribution in [2.75, 3.05) is 11.9 Å². The average Bonchev–Trinajstić information content (AvgIpc) is 3.62. The molecular formula is C23H22FN9O2. The Balaban J connectivity index is 1.13. The highest BCUT2D eigenvalue weighted by atomic mass is 19.1. The van der Waals surface area contributed by atoms with Crippen LogP contribution in [0.3, 0.4) is 0 Å². The zero-order valence-corrected chi connectivity index (χ0v) is 18.9. The maximum atomic E-state index is 15.6. The molecule has 1 aromatic carbocycles. The van der Waals surface area contributed by atoms with Gasteiger partial charge in [0.2, 0.25) is 5.95 Å². The molecule has 1 atom stereocenters. The number of hydrogen-bond donors (Lipinski definition) is 2. The number of carbonyl (C=O) groups is 1. The Labute approximate surface area is 199 Å².